The van der Waals surface area contributed by atoms with Gasteiger partial charge in [-0.15, -0.1) is 0 Å². The fourth-order valence-corrected chi connectivity index (χ4v) is 2.92. The third-order valence-electron chi connectivity index (χ3n) is 2.94. The molecule has 0 fully saturated rings. The van der Waals surface area contributed by atoms with E-state index >= 15 is 0 Å². The van der Waals surface area contributed by atoms with Gasteiger partial charge in [0.15, 0.2) is 16.7 Å². The zero-order chi connectivity index (χ0) is 18.0. The van der Waals surface area contributed by atoms with Gasteiger partial charge in [0.05, 0.1) is 12.5 Å². The van der Waals surface area contributed by atoms with Gasteiger partial charge in [0.1, 0.15) is 16.2 Å². The number of rotatable bonds is 4. The number of anilines is 1. The minimum Gasteiger partial charge on any atom is -0.463 e. The standard InChI is InChI=1S/C17H16N2O5S/c1-17(2,3)24-16(21)19-15-18-12(10-6-4-8-22-10)14(25-15)13(20)11-7-5-9-23-11/h4-9H,1-3H3,(H,18,19,21). The molecule has 25 heavy (non-hydrogen) atoms. The van der Waals surface area contributed by atoms with Gasteiger partial charge < -0.3 is 13.6 Å². The molecule has 3 aromatic rings. The Kier molecular flexibility index (Phi) is 4.45. The van der Waals surface area contributed by atoms with Crippen LogP contribution in [0.2, 0.25) is 0 Å². The number of ketones is 1. The number of carbonyl (C=O) groups excluding carboxylic acids is 2. The average Bonchev–Trinajstić information content (AvgIpc) is 3.25. The number of furan rings is 2. The van der Waals surface area contributed by atoms with Crippen molar-refractivity contribution in [3.05, 3.63) is 47.4 Å². The molecule has 7 nitrogen and oxygen atoms in total. The van der Waals surface area contributed by atoms with Gasteiger partial charge in [-0.1, -0.05) is 11.3 Å². The van der Waals surface area contributed by atoms with Gasteiger partial charge in [-0.05, 0) is 45.0 Å². The molecule has 0 aliphatic rings. The molecule has 0 radical (unpaired) electrons. The van der Waals surface area contributed by atoms with Crippen molar-refractivity contribution in [3.63, 3.8) is 0 Å². The van der Waals surface area contributed by atoms with Crippen LogP contribution in [0, 0.1) is 0 Å². The van der Waals surface area contributed by atoms with Crippen LogP contribution in [0.25, 0.3) is 11.5 Å². The highest BCUT2D eigenvalue weighted by Gasteiger charge is 2.25. The predicted molar refractivity (Wildman–Crippen MR) is 91.8 cm³/mol. The molecule has 3 heterocycles. The minimum absolute atomic E-state index is 0.181. The lowest BCUT2D eigenvalue weighted by molar-refractivity contribution is 0.0635. The number of nitrogens with one attached hydrogen (secondary N) is 1. The summed E-state index contributed by atoms with van der Waals surface area (Å²) in [4.78, 5) is 29.2. The van der Waals surface area contributed by atoms with Gasteiger partial charge in [0.25, 0.3) is 0 Å². The Labute approximate surface area is 147 Å². The SMILES string of the molecule is CC(C)(C)OC(=O)Nc1nc(-c2ccco2)c(C(=O)c2ccco2)s1. The number of carbonyl (C=O) groups is 2. The lowest BCUT2D eigenvalue weighted by atomic mass is 10.2. The molecule has 3 rings (SSSR count). The van der Waals surface area contributed by atoms with E-state index in [4.69, 9.17) is 13.6 Å². The fourth-order valence-electron chi connectivity index (χ4n) is 2.02. The predicted octanol–water partition coefficient (Wildman–Crippen LogP) is 4.57. The number of ether oxygens (including phenoxy) is 1. The topological polar surface area (TPSA) is 94.6 Å². The Hall–Kier alpha value is -2.87. The molecule has 3 aromatic heterocycles. The Morgan fingerprint density at radius 2 is 1.88 bits per heavy atom. The zero-order valence-corrected chi connectivity index (χ0v) is 14.7. The summed E-state index contributed by atoms with van der Waals surface area (Å²) in [6.07, 6.45) is 2.25. The molecule has 0 unspecified atom stereocenters. The van der Waals surface area contributed by atoms with E-state index < -0.39 is 11.7 Å². The summed E-state index contributed by atoms with van der Waals surface area (Å²) < 4.78 is 15.7. The average molecular weight is 360 g/mol. The number of aromatic nitrogens is 1. The van der Waals surface area contributed by atoms with E-state index in [-0.39, 0.29) is 16.7 Å². The van der Waals surface area contributed by atoms with Crippen LogP contribution in [0.3, 0.4) is 0 Å². The number of hydrogen-bond acceptors (Lipinski definition) is 7. The summed E-state index contributed by atoms with van der Waals surface area (Å²) >= 11 is 1.03. The van der Waals surface area contributed by atoms with Crippen molar-refractivity contribution in [2.45, 2.75) is 26.4 Å². The van der Waals surface area contributed by atoms with Gasteiger partial charge in [-0.25, -0.2) is 9.78 Å². The minimum atomic E-state index is -0.649. The van der Waals surface area contributed by atoms with Gasteiger partial charge in [0.2, 0.25) is 5.78 Å². The first kappa shape index (κ1) is 17.0. The third-order valence-corrected chi connectivity index (χ3v) is 3.91. The molecule has 1 amide bonds. The smallest absolute Gasteiger partial charge is 0.413 e. The van der Waals surface area contributed by atoms with Gasteiger partial charge in [-0.3, -0.25) is 10.1 Å². The molecule has 0 spiro atoms. The number of nitrogens with zero attached hydrogens (tertiary/aromatic N) is 1. The van der Waals surface area contributed by atoms with Crippen LogP contribution < -0.4 is 5.32 Å². The van der Waals surface area contributed by atoms with E-state index in [0.29, 0.717) is 16.3 Å². The maximum atomic E-state index is 12.6. The highest BCUT2D eigenvalue weighted by molar-refractivity contribution is 7.18. The maximum Gasteiger partial charge on any atom is 0.413 e. The summed E-state index contributed by atoms with van der Waals surface area (Å²) in [5.74, 6) is 0.259. The van der Waals surface area contributed by atoms with Crippen LogP contribution in [0.4, 0.5) is 9.93 Å². The van der Waals surface area contributed by atoms with Crippen LogP contribution >= 0.6 is 11.3 Å². The van der Waals surface area contributed by atoms with E-state index in [1.54, 1.807) is 45.0 Å². The maximum absolute atomic E-state index is 12.6. The first-order chi connectivity index (χ1) is 11.8. The van der Waals surface area contributed by atoms with Crippen molar-refractivity contribution in [2.24, 2.45) is 0 Å². The van der Waals surface area contributed by atoms with Crippen molar-refractivity contribution in [3.8, 4) is 11.5 Å². The normalized spacial score (nSPS) is 11.3. The Bertz CT molecular complexity index is 873. The number of thiazole rings is 1. The summed E-state index contributed by atoms with van der Waals surface area (Å²) in [5.41, 5.74) is -0.305. The highest BCUT2D eigenvalue weighted by atomic mass is 32.1. The second-order valence-corrected chi connectivity index (χ2v) is 7.11. The molecule has 0 atom stereocenters. The van der Waals surface area contributed by atoms with Crippen molar-refractivity contribution in [1.29, 1.82) is 0 Å². The quantitative estimate of drug-likeness (QED) is 0.685. The monoisotopic (exact) mass is 360 g/mol. The molecule has 0 aliphatic carbocycles. The third kappa shape index (κ3) is 3.97. The first-order valence-electron chi connectivity index (χ1n) is 7.46. The molecule has 0 saturated carbocycles. The van der Waals surface area contributed by atoms with E-state index in [1.807, 2.05) is 0 Å². The Morgan fingerprint density at radius 1 is 1.16 bits per heavy atom. The van der Waals surface area contributed by atoms with Crippen molar-refractivity contribution in [1.82, 2.24) is 4.98 Å². The molecular weight excluding hydrogens is 344 g/mol. The number of amides is 1. The van der Waals surface area contributed by atoms with E-state index in [0.717, 1.165) is 11.3 Å². The van der Waals surface area contributed by atoms with Crippen molar-refractivity contribution < 1.29 is 23.2 Å². The molecule has 0 aliphatic heterocycles. The summed E-state index contributed by atoms with van der Waals surface area (Å²) in [6, 6.07) is 6.57. The van der Waals surface area contributed by atoms with E-state index in [9.17, 15) is 9.59 Å². The first-order valence-corrected chi connectivity index (χ1v) is 8.28. The Balaban J connectivity index is 1.93. The number of hydrogen-bond donors (Lipinski definition) is 1. The Morgan fingerprint density at radius 3 is 2.48 bits per heavy atom. The molecule has 8 heteroatoms. The lowest BCUT2D eigenvalue weighted by Gasteiger charge is -2.18. The van der Waals surface area contributed by atoms with E-state index in [1.165, 1.54) is 12.5 Å². The van der Waals surface area contributed by atoms with Crippen LogP contribution in [-0.4, -0.2) is 22.5 Å². The summed E-state index contributed by atoms with van der Waals surface area (Å²) in [5, 5.41) is 2.78. The van der Waals surface area contributed by atoms with Crippen molar-refractivity contribution in [2.75, 3.05) is 5.32 Å². The van der Waals surface area contributed by atoms with Gasteiger partial charge >= 0.3 is 6.09 Å². The molecule has 1 N–H and O–H groups in total. The van der Waals surface area contributed by atoms with Gasteiger partial charge in [0, 0.05) is 0 Å². The molecule has 130 valence electrons. The zero-order valence-electron chi connectivity index (χ0n) is 13.9. The molecular formula is C17H16N2O5S. The second-order valence-electron chi connectivity index (χ2n) is 6.11. The van der Waals surface area contributed by atoms with Crippen LogP contribution in [0.5, 0.6) is 0 Å². The van der Waals surface area contributed by atoms with Crippen LogP contribution in [-0.2, 0) is 4.74 Å². The molecule has 0 saturated heterocycles. The molecule has 0 bridgehead atoms. The molecule has 0 aromatic carbocycles. The van der Waals surface area contributed by atoms with E-state index in [2.05, 4.69) is 10.3 Å². The van der Waals surface area contributed by atoms with Gasteiger partial charge in [-0.2, -0.15) is 0 Å². The fraction of sp³-hybridized carbons (Fsp3) is 0.235. The summed E-state index contributed by atoms with van der Waals surface area (Å²) in [7, 11) is 0. The highest BCUT2D eigenvalue weighted by Crippen LogP contribution is 2.33. The largest absolute Gasteiger partial charge is 0.463 e. The van der Waals surface area contributed by atoms with Crippen LogP contribution in [0.1, 0.15) is 36.2 Å². The second kappa shape index (κ2) is 6.56. The van der Waals surface area contributed by atoms with Crippen LogP contribution in [0.15, 0.2) is 45.6 Å². The summed E-state index contributed by atoms with van der Waals surface area (Å²) in [6.45, 7) is 5.28. The lowest BCUT2D eigenvalue weighted by Crippen LogP contribution is -2.27. The van der Waals surface area contributed by atoms with Crippen molar-refractivity contribution >= 4 is 28.3 Å².